The molecule has 0 bridgehead atoms. The summed E-state index contributed by atoms with van der Waals surface area (Å²) in [5, 5.41) is 0. The van der Waals surface area contributed by atoms with Crippen LogP contribution in [0.4, 0.5) is 0 Å². The zero-order chi connectivity index (χ0) is 31.1. The molecule has 42 heavy (non-hydrogen) atoms. The lowest BCUT2D eigenvalue weighted by Crippen LogP contribution is -2.62. The van der Waals surface area contributed by atoms with Crippen LogP contribution >= 0.6 is 0 Å². The van der Waals surface area contributed by atoms with Crippen LogP contribution in [0.25, 0.3) is 0 Å². The predicted octanol–water partition coefficient (Wildman–Crippen LogP) is 8.00. The minimum Gasteiger partial charge on any atom is -0.462 e. The quantitative estimate of drug-likeness (QED) is 0.201. The normalized spacial score (nSPS) is 40.2. The largest absolute Gasteiger partial charge is 0.462 e. The van der Waals surface area contributed by atoms with Gasteiger partial charge in [-0.3, -0.25) is 14.4 Å². The van der Waals surface area contributed by atoms with Crippen LogP contribution in [0.1, 0.15) is 127 Å². The van der Waals surface area contributed by atoms with Gasteiger partial charge in [0.15, 0.2) is 0 Å². The lowest BCUT2D eigenvalue weighted by molar-refractivity contribution is -0.219. The van der Waals surface area contributed by atoms with Crippen LogP contribution in [-0.4, -0.2) is 36.2 Å². The topological polar surface area (TPSA) is 78.9 Å². The molecule has 0 radical (unpaired) electrons. The molecule has 4 aliphatic rings. The summed E-state index contributed by atoms with van der Waals surface area (Å²) in [4.78, 5) is 36.5. The van der Waals surface area contributed by atoms with Crippen LogP contribution in [0.2, 0.25) is 0 Å². The Morgan fingerprint density at radius 3 is 1.79 bits per heavy atom. The molecule has 0 aromatic carbocycles. The van der Waals surface area contributed by atoms with Crippen molar-refractivity contribution in [2.45, 2.75) is 145 Å². The number of carbonyl (C=O) groups is 3. The van der Waals surface area contributed by atoms with Gasteiger partial charge in [-0.25, -0.2) is 0 Å². The fourth-order valence-electron chi connectivity index (χ4n) is 11.3. The number of ether oxygens (including phenoxy) is 3. The van der Waals surface area contributed by atoms with Gasteiger partial charge in [0, 0.05) is 26.7 Å². The van der Waals surface area contributed by atoms with Crippen molar-refractivity contribution in [2.24, 2.45) is 64.1 Å². The van der Waals surface area contributed by atoms with Crippen LogP contribution in [0.3, 0.4) is 0 Å². The smallest absolute Gasteiger partial charge is 0.303 e. The van der Waals surface area contributed by atoms with Crippen molar-refractivity contribution in [3.8, 4) is 0 Å². The minimum absolute atomic E-state index is 0.0725. The van der Waals surface area contributed by atoms with E-state index >= 15 is 0 Å². The van der Waals surface area contributed by atoms with Crippen molar-refractivity contribution < 1.29 is 28.6 Å². The maximum atomic E-state index is 12.4. The zero-order valence-corrected chi connectivity index (χ0v) is 28.2. The van der Waals surface area contributed by atoms with Gasteiger partial charge in [0.1, 0.15) is 18.3 Å². The summed E-state index contributed by atoms with van der Waals surface area (Å²) < 4.78 is 17.7. The molecule has 0 N–H and O–H groups in total. The summed E-state index contributed by atoms with van der Waals surface area (Å²) in [5.74, 6) is 4.35. The van der Waals surface area contributed by atoms with E-state index < -0.39 is 12.2 Å². The van der Waals surface area contributed by atoms with E-state index in [1.807, 2.05) is 0 Å². The van der Waals surface area contributed by atoms with Gasteiger partial charge in [-0.2, -0.15) is 0 Å². The van der Waals surface area contributed by atoms with Gasteiger partial charge in [-0.15, -0.1) is 0 Å². The Bertz CT molecular complexity index is 981. The molecule has 0 aromatic rings. The van der Waals surface area contributed by atoms with E-state index in [9.17, 15) is 14.4 Å². The second-order valence-electron chi connectivity index (χ2n) is 16.0. The summed E-state index contributed by atoms with van der Waals surface area (Å²) in [6.45, 7) is 21.3. The average molecular weight is 589 g/mol. The lowest BCUT2D eigenvalue weighted by atomic mass is 9.43. The molecular formula is C36H60O6. The molecule has 4 aliphatic carbocycles. The molecule has 240 valence electrons. The highest BCUT2D eigenvalue weighted by molar-refractivity contribution is 5.67. The Morgan fingerprint density at radius 2 is 1.21 bits per heavy atom. The van der Waals surface area contributed by atoms with Crippen LogP contribution < -0.4 is 0 Å². The van der Waals surface area contributed by atoms with Crippen LogP contribution in [0, 0.1) is 64.1 Å². The number of esters is 3. The highest BCUT2D eigenvalue weighted by Crippen LogP contribution is 2.69. The Hall–Kier alpha value is -1.59. The van der Waals surface area contributed by atoms with Gasteiger partial charge >= 0.3 is 17.9 Å². The van der Waals surface area contributed by atoms with Crippen molar-refractivity contribution >= 4 is 17.9 Å². The van der Waals surface area contributed by atoms with Crippen molar-refractivity contribution in [2.75, 3.05) is 0 Å². The summed E-state index contributed by atoms with van der Waals surface area (Å²) in [5.41, 5.74) is 0.145. The Balaban J connectivity index is 1.59. The van der Waals surface area contributed by atoms with Gasteiger partial charge in [0.2, 0.25) is 0 Å². The van der Waals surface area contributed by atoms with Crippen LogP contribution in [0.15, 0.2) is 0 Å². The van der Waals surface area contributed by atoms with Gasteiger partial charge in [0.25, 0.3) is 0 Å². The Kier molecular flexibility index (Phi) is 10.1. The first-order valence-electron chi connectivity index (χ1n) is 17.1. The Morgan fingerprint density at radius 1 is 0.667 bits per heavy atom. The number of hydrogen-bond acceptors (Lipinski definition) is 6. The molecule has 4 saturated carbocycles. The molecular weight excluding hydrogens is 528 g/mol. The van der Waals surface area contributed by atoms with E-state index in [4.69, 9.17) is 14.2 Å². The molecule has 4 fully saturated rings. The van der Waals surface area contributed by atoms with E-state index in [0.717, 1.165) is 36.5 Å². The maximum Gasteiger partial charge on any atom is 0.303 e. The van der Waals surface area contributed by atoms with E-state index in [1.54, 1.807) is 0 Å². The summed E-state index contributed by atoms with van der Waals surface area (Å²) in [7, 11) is 0. The molecule has 11 atom stereocenters. The predicted molar refractivity (Wildman–Crippen MR) is 164 cm³/mol. The first-order valence-corrected chi connectivity index (χ1v) is 17.1. The number of fused-ring (bicyclic) bond motifs is 5. The van der Waals surface area contributed by atoms with E-state index in [1.165, 1.54) is 52.9 Å². The van der Waals surface area contributed by atoms with E-state index in [2.05, 4.69) is 48.5 Å². The third kappa shape index (κ3) is 6.43. The number of rotatable bonds is 9. The highest BCUT2D eigenvalue weighted by atomic mass is 16.6. The molecule has 0 aromatic heterocycles. The minimum atomic E-state index is -0.509. The summed E-state index contributed by atoms with van der Waals surface area (Å²) in [6.07, 6.45) is 8.46. The molecule has 11 unspecified atom stereocenters. The van der Waals surface area contributed by atoms with Gasteiger partial charge in [-0.1, -0.05) is 54.9 Å². The first kappa shape index (κ1) is 33.3. The number of carbonyl (C=O) groups excluding carboxylic acids is 3. The molecule has 0 spiro atoms. The van der Waals surface area contributed by atoms with Crippen molar-refractivity contribution in [1.29, 1.82) is 0 Å². The molecule has 6 heteroatoms. The fourth-order valence-corrected chi connectivity index (χ4v) is 11.3. The van der Waals surface area contributed by atoms with Gasteiger partial charge in [-0.05, 0) is 110 Å². The maximum absolute atomic E-state index is 12.4. The molecule has 4 rings (SSSR count). The molecule has 0 heterocycles. The second kappa shape index (κ2) is 12.8. The van der Waals surface area contributed by atoms with E-state index in [-0.39, 0.29) is 35.3 Å². The van der Waals surface area contributed by atoms with Crippen molar-refractivity contribution in [3.05, 3.63) is 0 Å². The lowest BCUT2D eigenvalue weighted by Gasteiger charge is -2.63. The molecule has 0 saturated heterocycles. The van der Waals surface area contributed by atoms with Crippen molar-refractivity contribution in [1.82, 2.24) is 0 Å². The third-order valence-corrected chi connectivity index (χ3v) is 13.0. The standard InChI is InChI=1S/C36H60O6/c1-20(2)26(21(3)4)12-11-22(5)28-13-14-29-27-17-32(40-23(6)37)31-18-33(41-24(7)38)34(42-25(8)39)19-36(31,10)30(27)15-16-35(28,29)9/h20-22,26-34H,11-19H2,1-10H3. The monoisotopic (exact) mass is 588 g/mol. The Labute approximate surface area is 255 Å². The molecule has 6 nitrogen and oxygen atoms in total. The second-order valence-corrected chi connectivity index (χ2v) is 16.0. The first-order chi connectivity index (χ1) is 19.6. The molecule has 0 aliphatic heterocycles. The highest BCUT2D eigenvalue weighted by Gasteiger charge is 2.64. The van der Waals surface area contributed by atoms with Crippen LogP contribution in [0.5, 0.6) is 0 Å². The van der Waals surface area contributed by atoms with E-state index in [0.29, 0.717) is 41.9 Å². The van der Waals surface area contributed by atoms with Gasteiger partial charge < -0.3 is 14.2 Å². The number of hydrogen-bond donors (Lipinski definition) is 0. The van der Waals surface area contributed by atoms with Gasteiger partial charge in [0.05, 0.1) is 0 Å². The summed E-state index contributed by atoms with van der Waals surface area (Å²) >= 11 is 0. The summed E-state index contributed by atoms with van der Waals surface area (Å²) in [6, 6.07) is 0. The zero-order valence-electron chi connectivity index (χ0n) is 28.2. The van der Waals surface area contributed by atoms with Crippen LogP contribution in [-0.2, 0) is 28.6 Å². The molecule has 0 amide bonds. The average Bonchev–Trinajstić information content (AvgIpc) is 3.21. The SMILES string of the molecule is CC(=O)OC1CC2C(OC(C)=O)CC3C4CCC(C(C)CCC(C(C)C)C(C)C)C4(C)CCC3C2(C)CC1OC(C)=O. The van der Waals surface area contributed by atoms with Crippen molar-refractivity contribution in [3.63, 3.8) is 0 Å². The third-order valence-electron chi connectivity index (χ3n) is 13.0. The fraction of sp³-hybridized carbons (Fsp3) is 0.917.